The van der Waals surface area contributed by atoms with Crippen LogP contribution in [0.2, 0.25) is 0 Å². The van der Waals surface area contributed by atoms with Crippen LogP contribution in [0.5, 0.6) is 0 Å². The van der Waals surface area contributed by atoms with Gasteiger partial charge in [0, 0.05) is 12.2 Å². The topological polar surface area (TPSA) is 64.2 Å². The summed E-state index contributed by atoms with van der Waals surface area (Å²) >= 11 is 1.18. The Kier molecular flexibility index (Phi) is 4.95. The number of anilines is 1. The minimum absolute atomic E-state index is 0.00339. The molecule has 2 aromatic heterocycles. The lowest BCUT2D eigenvalue weighted by Crippen LogP contribution is -2.13. The number of hydrogen-bond acceptors (Lipinski definition) is 4. The van der Waals surface area contributed by atoms with Crippen molar-refractivity contribution in [2.75, 3.05) is 5.32 Å². The third-order valence-corrected chi connectivity index (χ3v) is 5.34. The van der Waals surface area contributed by atoms with Crippen molar-refractivity contribution in [3.8, 4) is 0 Å². The van der Waals surface area contributed by atoms with Gasteiger partial charge in [-0.3, -0.25) is 14.2 Å². The predicted octanol–water partition coefficient (Wildman–Crippen LogP) is 4.86. The number of rotatable bonds is 5. The van der Waals surface area contributed by atoms with Crippen LogP contribution in [0.1, 0.15) is 18.2 Å². The second-order valence-corrected chi connectivity index (χ2v) is 7.18. The van der Waals surface area contributed by atoms with E-state index in [9.17, 15) is 9.59 Å². The van der Waals surface area contributed by atoms with Crippen molar-refractivity contribution in [3.63, 3.8) is 0 Å². The Labute approximate surface area is 165 Å². The van der Waals surface area contributed by atoms with Gasteiger partial charge >= 0.3 is 4.87 Å². The highest BCUT2D eigenvalue weighted by atomic mass is 32.1. The van der Waals surface area contributed by atoms with Gasteiger partial charge in [-0.25, -0.2) is 0 Å². The molecule has 0 unspecified atom stereocenters. The van der Waals surface area contributed by atoms with Gasteiger partial charge in [-0.15, -0.1) is 0 Å². The van der Waals surface area contributed by atoms with E-state index in [2.05, 4.69) is 5.32 Å². The molecule has 140 valence electrons. The molecule has 0 saturated carbocycles. The molecule has 5 nitrogen and oxygen atoms in total. The lowest BCUT2D eigenvalue weighted by atomic mass is 10.0. The molecule has 0 aliphatic rings. The fourth-order valence-corrected chi connectivity index (χ4v) is 4.05. The van der Waals surface area contributed by atoms with Crippen LogP contribution in [0.15, 0.2) is 76.1 Å². The van der Waals surface area contributed by atoms with Crippen molar-refractivity contribution in [1.29, 1.82) is 0 Å². The van der Waals surface area contributed by atoms with Crippen LogP contribution in [0.25, 0.3) is 21.9 Å². The van der Waals surface area contributed by atoms with E-state index in [0.29, 0.717) is 23.6 Å². The zero-order valence-electron chi connectivity index (χ0n) is 15.2. The Hall–Kier alpha value is -3.38. The normalized spacial score (nSPS) is 11.7. The Balaban J connectivity index is 1.68. The van der Waals surface area contributed by atoms with Crippen molar-refractivity contribution >= 4 is 44.8 Å². The van der Waals surface area contributed by atoms with E-state index in [-0.39, 0.29) is 10.8 Å². The van der Waals surface area contributed by atoms with Crippen LogP contribution in [0.4, 0.5) is 5.69 Å². The summed E-state index contributed by atoms with van der Waals surface area (Å²) in [5.74, 6) is 0.354. The molecule has 0 aliphatic heterocycles. The second kappa shape index (κ2) is 7.70. The maximum Gasteiger partial charge on any atom is 0.308 e. The van der Waals surface area contributed by atoms with Gasteiger partial charge in [0.25, 0.3) is 5.91 Å². The summed E-state index contributed by atoms with van der Waals surface area (Å²) in [6, 6.07) is 18.5. The first-order valence-electron chi connectivity index (χ1n) is 8.91. The number of thiazole rings is 1. The molecule has 28 heavy (non-hydrogen) atoms. The molecule has 1 amide bonds. The summed E-state index contributed by atoms with van der Waals surface area (Å²) < 4.78 is 7.95. The highest BCUT2D eigenvalue weighted by Crippen LogP contribution is 2.24. The van der Waals surface area contributed by atoms with Crippen molar-refractivity contribution in [2.24, 2.45) is 0 Å². The molecule has 4 aromatic rings. The Morgan fingerprint density at radius 2 is 1.96 bits per heavy atom. The van der Waals surface area contributed by atoms with Gasteiger partial charge in [0.2, 0.25) is 0 Å². The van der Waals surface area contributed by atoms with Crippen molar-refractivity contribution in [1.82, 2.24) is 4.57 Å². The third-order valence-electron chi connectivity index (χ3n) is 4.40. The quantitative estimate of drug-likeness (QED) is 0.495. The van der Waals surface area contributed by atoms with Crippen LogP contribution in [0.3, 0.4) is 0 Å². The molecule has 0 radical (unpaired) electrons. The van der Waals surface area contributed by atoms with Crippen LogP contribution >= 0.6 is 11.3 Å². The fraction of sp³-hybridized carbons (Fsp3) is 0.0909. The Morgan fingerprint density at radius 3 is 2.68 bits per heavy atom. The molecule has 0 saturated heterocycles. The molecular formula is C22H18N2O3S. The standard InChI is InChI=1S/C22H18N2O3S/c1-2-24-19-11-10-16(13-20(19)28-22(24)26)23-21(25)18(14-17-9-6-12-27-17)15-7-4-3-5-8-15/h3-14H,2H2,1H3,(H,23,25)/b18-14+. The summed E-state index contributed by atoms with van der Waals surface area (Å²) in [6.45, 7) is 2.56. The van der Waals surface area contributed by atoms with Gasteiger partial charge in [-0.1, -0.05) is 41.7 Å². The van der Waals surface area contributed by atoms with Crippen LogP contribution < -0.4 is 10.2 Å². The SMILES string of the molecule is CCn1c(=O)sc2cc(NC(=O)/C(=C/c3ccco3)c3ccccc3)ccc21. The number of aromatic nitrogens is 1. The number of aryl methyl sites for hydroxylation is 1. The molecule has 0 bridgehead atoms. The van der Waals surface area contributed by atoms with Gasteiger partial charge in [0.15, 0.2) is 0 Å². The van der Waals surface area contributed by atoms with E-state index in [1.165, 1.54) is 11.3 Å². The van der Waals surface area contributed by atoms with Crippen molar-refractivity contribution < 1.29 is 9.21 Å². The number of benzene rings is 2. The zero-order chi connectivity index (χ0) is 19.5. The molecule has 6 heteroatoms. The minimum atomic E-state index is -0.246. The summed E-state index contributed by atoms with van der Waals surface area (Å²) in [4.78, 5) is 25.1. The second-order valence-electron chi connectivity index (χ2n) is 6.19. The minimum Gasteiger partial charge on any atom is -0.465 e. The van der Waals surface area contributed by atoms with Gasteiger partial charge in [-0.2, -0.15) is 0 Å². The van der Waals surface area contributed by atoms with Gasteiger partial charge in [-0.05, 0) is 48.9 Å². The maximum absolute atomic E-state index is 13.0. The zero-order valence-corrected chi connectivity index (χ0v) is 16.0. The highest BCUT2D eigenvalue weighted by molar-refractivity contribution is 7.16. The van der Waals surface area contributed by atoms with Gasteiger partial charge in [0.05, 0.1) is 22.1 Å². The lowest BCUT2D eigenvalue weighted by Gasteiger charge is -2.10. The molecule has 0 aliphatic carbocycles. The van der Waals surface area contributed by atoms with E-state index in [1.807, 2.05) is 55.5 Å². The lowest BCUT2D eigenvalue weighted by molar-refractivity contribution is -0.111. The average molecular weight is 390 g/mol. The summed E-state index contributed by atoms with van der Waals surface area (Å²) in [5.41, 5.74) is 2.81. The third kappa shape index (κ3) is 3.54. The molecule has 4 rings (SSSR count). The number of nitrogens with one attached hydrogen (secondary N) is 1. The van der Waals surface area contributed by atoms with E-state index in [0.717, 1.165) is 15.8 Å². The summed E-state index contributed by atoms with van der Waals surface area (Å²) in [5, 5.41) is 2.94. The van der Waals surface area contributed by atoms with Gasteiger partial charge in [0.1, 0.15) is 5.76 Å². The maximum atomic E-state index is 13.0. The van der Waals surface area contributed by atoms with Gasteiger partial charge < -0.3 is 9.73 Å². The number of amides is 1. The molecule has 0 spiro atoms. The molecule has 0 atom stereocenters. The van der Waals surface area contributed by atoms with Crippen LogP contribution in [0, 0.1) is 0 Å². The smallest absolute Gasteiger partial charge is 0.308 e. The van der Waals surface area contributed by atoms with Crippen molar-refractivity contribution in [3.05, 3.63) is 87.9 Å². The number of fused-ring (bicyclic) bond motifs is 1. The van der Waals surface area contributed by atoms with E-state index >= 15 is 0 Å². The Morgan fingerprint density at radius 1 is 1.14 bits per heavy atom. The van der Waals surface area contributed by atoms with E-state index in [4.69, 9.17) is 4.42 Å². The monoisotopic (exact) mass is 390 g/mol. The first kappa shape index (κ1) is 18.0. The Bertz CT molecular complexity index is 1200. The number of furan rings is 1. The summed E-state index contributed by atoms with van der Waals surface area (Å²) in [6.07, 6.45) is 3.29. The number of carbonyl (C=O) groups is 1. The molecule has 1 N–H and O–H groups in total. The van der Waals surface area contributed by atoms with E-state index < -0.39 is 0 Å². The van der Waals surface area contributed by atoms with E-state index in [1.54, 1.807) is 29.0 Å². The number of hydrogen-bond donors (Lipinski definition) is 1. The molecular weight excluding hydrogens is 372 g/mol. The molecule has 2 heterocycles. The summed E-state index contributed by atoms with van der Waals surface area (Å²) in [7, 11) is 0. The predicted molar refractivity (Wildman–Crippen MR) is 113 cm³/mol. The average Bonchev–Trinajstić information content (AvgIpc) is 3.32. The van der Waals surface area contributed by atoms with Crippen LogP contribution in [-0.2, 0) is 11.3 Å². The van der Waals surface area contributed by atoms with Crippen molar-refractivity contribution in [2.45, 2.75) is 13.5 Å². The molecule has 2 aromatic carbocycles. The largest absolute Gasteiger partial charge is 0.465 e. The fourth-order valence-electron chi connectivity index (χ4n) is 3.06. The number of carbonyl (C=O) groups excluding carboxylic acids is 1. The first-order chi connectivity index (χ1) is 13.7. The first-order valence-corrected chi connectivity index (χ1v) is 9.72. The number of nitrogens with zero attached hydrogens (tertiary/aromatic N) is 1. The molecule has 0 fully saturated rings. The van der Waals surface area contributed by atoms with Crippen LogP contribution in [-0.4, -0.2) is 10.5 Å². The highest BCUT2D eigenvalue weighted by Gasteiger charge is 2.14.